The Labute approximate surface area is 89.7 Å². The van der Waals surface area contributed by atoms with E-state index < -0.39 is 0 Å². The normalized spacial score (nSPS) is 13.2. The molecule has 1 rings (SSSR count). The van der Waals surface area contributed by atoms with Gasteiger partial charge in [0, 0.05) is 16.6 Å². The van der Waals surface area contributed by atoms with Crippen LogP contribution < -0.4 is 5.73 Å². The minimum atomic E-state index is -0.145. The van der Waals surface area contributed by atoms with Gasteiger partial charge in [0.1, 0.15) is 5.75 Å². The van der Waals surface area contributed by atoms with Crippen molar-refractivity contribution in [3.8, 4) is 5.75 Å². The molecule has 0 aromatic heterocycles. The maximum absolute atomic E-state index is 9.58. The first-order valence-electron chi connectivity index (χ1n) is 4.74. The highest BCUT2D eigenvalue weighted by Crippen LogP contribution is 2.29. The van der Waals surface area contributed by atoms with Gasteiger partial charge in [0.15, 0.2) is 0 Å². The Morgan fingerprint density at radius 1 is 1.43 bits per heavy atom. The third-order valence-electron chi connectivity index (χ3n) is 2.11. The van der Waals surface area contributed by atoms with Gasteiger partial charge in [-0.3, -0.25) is 0 Å². The number of hydrogen-bond acceptors (Lipinski definition) is 2. The highest BCUT2D eigenvalue weighted by atomic mass is 35.5. The molecule has 14 heavy (non-hydrogen) atoms. The van der Waals surface area contributed by atoms with Gasteiger partial charge < -0.3 is 10.8 Å². The van der Waals surface area contributed by atoms with E-state index in [1.165, 1.54) is 0 Å². The molecular weight excluding hydrogens is 198 g/mol. The summed E-state index contributed by atoms with van der Waals surface area (Å²) in [6.07, 6.45) is 0.841. The lowest BCUT2D eigenvalue weighted by atomic mass is 9.97. The molecule has 0 spiro atoms. The number of hydrogen-bond donors (Lipinski definition) is 2. The zero-order valence-corrected chi connectivity index (χ0v) is 9.25. The smallest absolute Gasteiger partial charge is 0.120 e. The van der Waals surface area contributed by atoms with Crippen molar-refractivity contribution in [3.05, 3.63) is 28.8 Å². The number of benzene rings is 1. The van der Waals surface area contributed by atoms with Crippen molar-refractivity contribution >= 4 is 11.6 Å². The number of nitrogens with two attached hydrogens (primary N) is 1. The van der Waals surface area contributed by atoms with E-state index in [2.05, 4.69) is 13.8 Å². The van der Waals surface area contributed by atoms with E-state index in [0.717, 1.165) is 12.0 Å². The van der Waals surface area contributed by atoms with Crippen LogP contribution in [0.15, 0.2) is 18.2 Å². The van der Waals surface area contributed by atoms with Crippen LogP contribution in [0.5, 0.6) is 5.75 Å². The van der Waals surface area contributed by atoms with Gasteiger partial charge in [0.2, 0.25) is 0 Å². The summed E-state index contributed by atoms with van der Waals surface area (Å²) in [7, 11) is 0. The molecule has 0 aliphatic carbocycles. The Morgan fingerprint density at radius 3 is 2.64 bits per heavy atom. The Balaban J connectivity index is 2.88. The summed E-state index contributed by atoms with van der Waals surface area (Å²) in [5, 5.41) is 10.2. The van der Waals surface area contributed by atoms with Gasteiger partial charge in [-0.05, 0) is 30.5 Å². The van der Waals surface area contributed by atoms with E-state index >= 15 is 0 Å². The van der Waals surface area contributed by atoms with Crippen molar-refractivity contribution in [3.63, 3.8) is 0 Å². The molecule has 0 aliphatic heterocycles. The highest BCUT2D eigenvalue weighted by molar-refractivity contribution is 6.30. The van der Waals surface area contributed by atoms with Gasteiger partial charge in [-0.1, -0.05) is 25.4 Å². The van der Waals surface area contributed by atoms with Crippen LogP contribution in [-0.4, -0.2) is 5.11 Å². The monoisotopic (exact) mass is 213 g/mol. The molecule has 0 bridgehead atoms. The first kappa shape index (κ1) is 11.3. The lowest BCUT2D eigenvalue weighted by Crippen LogP contribution is -2.13. The van der Waals surface area contributed by atoms with E-state index in [9.17, 15) is 5.11 Å². The standard InChI is InChI=1S/C11H16ClNO/c1-7(2)5-10(13)9-6-8(12)3-4-11(9)14/h3-4,6-7,10,14H,5,13H2,1-2H3/t10-/m1/s1. The molecule has 0 aliphatic rings. The second-order valence-corrected chi connectivity index (χ2v) is 4.38. The van der Waals surface area contributed by atoms with Crippen LogP contribution in [0.4, 0.5) is 0 Å². The van der Waals surface area contributed by atoms with Gasteiger partial charge >= 0.3 is 0 Å². The van der Waals surface area contributed by atoms with Crippen LogP contribution in [-0.2, 0) is 0 Å². The molecule has 2 nitrogen and oxygen atoms in total. The van der Waals surface area contributed by atoms with Crippen LogP contribution in [0.3, 0.4) is 0 Å². The largest absolute Gasteiger partial charge is 0.508 e. The van der Waals surface area contributed by atoms with Gasteiger partial charge in [-0.15, -0.1) is 0 Å². The molecular formula is C11H16ClNO. The van der Waals surface area contributed by atoms with Gasteiger partial charge in [-0.25, -0.2) is 0 Å². The maximum atomic E-state index is 9.58. The fraction of sp³-hybridized carbons (Fsp3) is 0.455. The lowest BCUT2D eigenvalue weighted by molar-refractivity contribution is 0.445. The zero-order chi connectivity index (χ0) is 10.7. The summed E-state index contributed by atoms with van der Waals surface area (Å²) in [6.45, 7) is 4.20. The van der Waals surface area contributed by atoms with Crippen molar-refractivity contribution < 1.29 is 5.11 Å². The fourth-order valence-corrected chi connectivity index (χ4v) is 1.64. The predicted octanol–water partition coefficient (Wildman–Crippen LogP) is 3.09. The van der Waals surface area contributed by atoms with Crippen molar-refractivity contribution in [1.82, 2.24) is 0 Å². The molecule has 1 aromatic carbocycles. The van der Waals surface area contributed by atoms with E-state index in [-0.39, 0.29) is 11.8 Å². The van der Waals surface area contributed by atoms with Crippen LogP contribution in [0.1, 0.15) is 31.9 Å². The third-order valence-corrected chi connectivity index (χ3v) is 2.35. The Morgan fingerprint density at radius 2 is 2.07 bits per heavy atom. The van der Waals surface area contributed by atoms with Gasteiger partial charge in [0.25, 0.3) is 0 Å². The summed E-state index contributed by atoms with van der Waals surface area (Å²) in [5.74, 6) is 0.728. The molecule has 0 saturated heterocycles. The number of aromatic hydroxyl groups is 1. The summed E-state index contributed by atoms with van der Waals surface area (Å²) in [6, 6.07) is 4.82. The average Bonchev–Trinajstić information content (AvgIpc) is 2.08. The molecule has 0 fully saturated rings. The molecule has 0 radical (unpaired) electrons. The van der Waals surface area contributed by atoms with Crippen LogP contribution in [0.2, 0.25) is 5.02 Å². The van der Waals surface area contributed by atoms with Crippen molar-refractivity contribution in [2.75, 3.05) is 0 Å². The summed E-state index contributed by atoms with van der Waals surface area (Å²) >= 11 is 5.83. The maximum Gasteiger partial charge on any atom is 0.120 e. The third kappa shape index (κ3) is 2.89. The van der Waals surface area contributed by atoms with E-state index in [1.807, 2.05) is 0 Å². The number of halogens is 1. The van der Waals surface area contributed by atoms with E-state index in [1.54, 1.807) is 18.2 Å². The van der Waals surface area contributed by atoms with Crippen LogP contribution >= 0.6 is 11.6 Å². The summed E-state index contributed by atoms with van der Waals surface area (Å²) < 4.78 is 0. The second kappa shape index (κ2) is 4.67. The zero-order valence-electron chi connectivity index (χ0n) is 8.50. The Hall–Kier alpha value is -0.730. The second-order valence-electron chi connectivity index (χ2n) is 3.94. The van der Waals surface area contributed by atoms with Crippen LogP contribution in [0, 0.1) is 5.92 Å². The number of rotatable bonds is 3. The minimum Gasteiger partial charge on any atom is -0.508 e. The number of phenolic OH excluding ortho intramolecular Hbond substituents is 1. The topological polar surface area (TPSA) is 46.2 Å². The predicted molar refractivity (Wildman–Crippen MR) is 59.5 cm³/mol. The van der Waals surface area contributed by atoms with Gasteiger partial charge in [-0.2, -0.15) is 0 Å². The Bertz CT molecular complexity index is 312. The lowest BCUT2D eigenvalue weighted by Gasteiger charge is -2.15. The highest BCUT2D eigenvalue weighted by Gasteiger charge is 2.12. The first-order chi connectivity index (χ1) is 6.50. The molecule has 3 heteroatoms. The van der Waals surface area contributed by atoms with E-state index in [4.69, 9.17) is 17.3 Å². The minimum absolute atomic E-state index is 0.145. The Kier molecular flexibility index (Phi) is 3.78. The van der Waals surface area contributed by atoms with Gasteiger partial charge in [0.05, 0.1) is 0 Å². The molecule has 0 unspecified atom stereocenters. The molecule has 78 valence electrons. The van der Waals surface area contributed by atoms with Crippen molar-refractivity contribution in [1.29, 1.82) is 0 Å². The molecule has 0 heterocycles. The SMILES string of the molecule is CC(C)C[C@@H](N)c1cc(Cl)ccc1O. The average molecular weight is 214 g/mol. The first-order valence-corrected chi connectivity index (χ1v) is 5.12. The van der Waals surface area contributed by atoms with Crippen LogP contribution in [0.25, 0.3) is 0 Å². The quantitative estimate of drug-likeness (QED) is 0.811. The molecule has 0 saturated carbocycles. The molecule has 1 atom stereocenters. The summed E-state index contributed by atoms with van der Waals surface area (Å²) in [4.78, 5) is 0. The summed E-state index contributed by atoms with van der Waals surface area (Å²) in [5.41, 5.74) is 6.67. The number of phenols is 1. The molecule has 1 aromatic rings. The molecule has 0 amide bonds. The fourth-order valence-electron chi connectivity index (χ4n) is 1.46. The van der Waals surface area contributed by atoms with Crippen molar-refractivity contribution in [2.45, 2.75) is 26.3 Å². The van der Waals surface area contributed by atoms with E-state index in [0.29, 0.717) is 10.9 Å². The molecule has 3 N–H and O–H groups in total. The van der Waals surface area contributed by atoms with Crippen molar-refractivity contribution in [2.24, 2.45) is 11.7 Å².